The Labute approximate surface area is 93.8 Å². The molecule has 0 unspecified atom stereocenters. The summed E-state index contributed by atoms with van der Waals surface area (Å²) in [6, 6.07) is 7.42. The molecule has 0 saturated heterocycles. The lowest BCUT2D eigenvalue weighted by atomic mass is 10.1. The number of anilines is 1. The second-order valence-corrected chi connectivity index (χ2v) is 4.27. The Morgan fingerprint density at radius 2 is 1.81 bits per heavy atom. The highest BCUT2D eigenvalue weighted by molar-refractivity contribution is 6.12. The van der Waals surface area contributed by atoms with E-state index in [9.17, 15) is 9.59 Å². The molecule has 1 fully saturated rings. The highest BCUT2D eigenvalue weighted by atomic mass is 16.2. The van der Waals surface area contributed by atoms with Gasteiger partial charge in [0.25, 0.3) is 0 Å². The molecule has 2 amide bonds. The molecule has 1 aliphatic rings. The lowest BCUT2D eigenvalue weighted by molar-refractivity contribution is -0.132. The summed E-state index contributed by atoms with van der Waals surface area (Å²) >= 11 is 0. The summed E-state index contributed by atoms with van der Waals surface area (Å²) in [6.07, 6.45) is 1.11. The van der Waals surface area contributed by atoms with Gasteiger partial charge in [-0.1, -0.05) is 17.7 Å². The number of nitrogens with two attached hydrogens (primary N) is 1. The van der Waals surface area contributed by atoms with Crippen LogP contribution in [0.1, 0.15) is 18.4 Å². The Morgan fingerprint density at radius 3 is 2.25 bits per heavy atom. The third kappa shape index (κ3) is 1.78. The van der Waals surface area contributed by atoms with Crippen molar-refractivity contribution in [3.8, 4) is 0 Å². The summed E-state index contributed by atoms with van der Waals surface area (Å²) in [4.78, 5) is 22.9. The number of hydrogen-bond donors (Lipinski definition) is 2. The third-order valence-corrected chi connectivity index (χ3v) is 2.97. The zero-order valence-electron chi connectivity index (χ0n) is 9.12. The summed E-state index contributed by atoms with van der Waals surface area (Å²) in [5.74, 6) is -0.819. The summed E-state index contributed by atoms with van der Waals surface area (Å²) < 4.78 is 0. The average Bonchev–Trinajstić information content (AvgIpc) is 3.02. The van der Waals surface area contributed by atoms with E-state index in [0.717, 1.165) is 5.56 Å². The van der Waals surface area contributed by atoms with Crippen molar-refractivity contribution in [3.05, 3.63) is 29.8 Å². The highest BCUT2D eigenvalue weighted by Crippen LogP contribution is 2.46. The molecule has 16 heavy (non-hydrogen) atoms. The predicted molar refractivity (Wildman–Crippen MR) is 60.7 cm³/mol. The Hall–Kier alpha value is -1.84. The minimum atomic E-state index is -0.953. The van der Waals surface area contributed by atoms with E-state index in [4.69, 9.17) is 5.73 Å². The van der Waals surface area contributed by atoms with E-state index < -0.39 is 11.3 Å². The summed E-state index contributed by atoms with van der Waals surface area (Å²) in [5, 5.41) is 2.71. The van der Waals surface area contributed by atoms with Gasteiger partial charge in [-0.05, 0) is 31.9 Å². The first-order valence-corrected chi connectivity index (χ1v) is 5.23. The van der Waals surface area contributed by atoms with Gasteiger partial charge < -0.3 is 11.1 Å². The molecule has 0 bridgehead atoms. The molecule has 1 aliphatic carbocycles. The minimum Gasteiger partial charge on any atom is -0.369 e. The van der Waals surface area contributed by atoms with Crippen molar-refractivity contribution in [1.82, 2.24) is 0 Å². The predicted octanol–water partition coefficient (Wildman–Crippen LogP) is 1.20. The molecule has 2 rings (SSSR count). The fraction of sp³-hybridized carbons (Fsp3) is 0.333. The summed E-state index contributed by atoms with van der Waals surface area (Å²) in [5.41, 5.74) is 6.07. The fourth-order valence-corrected chi connectivity index (χ4v) is 1.60. The average molecular weight is 218 g/mol. The fourth-order valence-electron chi connectivity index (χ4n) is 1.60. The number of amides is 2. The van der Waals surface area contributed by atoms with Crippen LogP contribution in [-0.2, 0) is 9.59 Å². The molecule has 0 heterocycles. The molecule has 84 valence electrons. The van der Waals surface area contributed by atoms with Crippen molar-refractivity contribution in [2.24, 2.45) is 11.1 Å². The Morgan fingerprint density at radius 1 is 1.25 bits per heavy atom. The second-order valence-electron chi connectivity index (χ2n) is 4.27. The summed E-state index contributed by atoms with van der Waals surface area (Å²) in [6.45, 7) is 1.97. The Kier molecular flexibility index (Phi) is 2.42. The number of rotatable bonds is 3. The number of nitrogens with one attached hydrogen (secondary N) is 1. The van der Waals surface area contributed by atoms with Gasteiger partial charge in [0, 0.05) is 5.69 Å². The van der Waals surface area contributed by atoms with Gasteiger partial charge in [0.2, 0.25) is 11.8 Å². The molecule has 0 radical (unpaired) electrons. The number of benzene rings is 1. The number of carbonyl (C=O) groups excluding carboxylic acids is 2. The Balaban J connectivity index is 2.08. The van der Waals surface area contributed by atoms with E-state index in [1.807, 2.05) is 31.2 Å². The van der Waals surface area contributed by atoms with E-state index >= 15 is 0 Å². The molecular formula is C12H14N2O2. The molecule has 0 aromatic heterocycles. The molecule has 1 aromatic carbocycles. The van der Waals surface area contributed by atoms with E-state index in [0.29, 0.717) is 18.5 Å². The minimum absolute atomic E-state index is 0.288. The summed E-state index contributed by atoms with van der Waals surface area (Å²) in [7, 11) is 0. The van der Waals surface area contributed by atoms with Crippen LogP contribution < -0.4 is 11.1 Å². The molecule has 3 N–H and O–H groups in total. The van der Waals surface area contributed by atoms with Gasteiger partial charge in [-0.3, -0.25) is 9.59 Å². The van der Waals surface area contributed by atoms with Crippen molar-refractivity contribution in [1.29, 1.82) is 0 Å². The van der Waals surface area contributed by atoms with Crippen LogP contribution in [0.25, 0.3) is 0 Å². The molecule has 4 heteroatoms. The molecule has 1 saturated carbocycles. The maximum absolute atomic E-state index is 11.8. The molecular weight excluding hydrogens is 204 g/mol. The zero-order chi connectivity index (χ0) is 11.8. The quantitative estimate of drug-likeness (QED) is 0.748. The lowest BCUT2D eigenvalue weighted by Gasteiger charge is -2.11. The van der Waals surface area contributed by atoms with Gasteiger partial charge in [0.15, 0.2) is 0 Å². The third-order valence-electron chi connectivity index (χ3n) is 2.97. The van der Waals surface area contributed by atoms with Crippen molar-refractivity contribution in [2.75, 3.05) is 5.32 Å². The first kappa shape index (κ1) is 10.7. The van der Waals surface area contributed by atoms with Crippen LogP contribution in [0.3, 0.4) is 0 Å². The number of hydrogen-bond acceptors (Lipinski definition) is 2. The van der Waals surface area contributed by atoms with E-state index in [1.54, 1.807) is 0 Å². The standard InChI is InChI=1S/C12H14N2O2/c1-8-2-4-9(5-3-8)14-11(16)12(6-7-12)10(13)15/h2-5H,6-7H2,1H3,(H2,13,15)(H,14,16). The first-order chi connectivity index (χ1) is 7.54. The van der Waals surface area contributed by atoms with E-state index in [1.165, 1.54) is 0 Å². The van der Waals surface area contributed by atoms with E-state index in [-0.39, 0.29) is 5.91 Å². The highest BCUT2D eigenvalue weighted by Gasteiger charge is 2.55. The lowest BCUT2D eigenvalue weighted by Crippen LogP contribution is -2.36. The number of carbonyl (C=O) groups is 2. The van der Waals surface area contributed by atoms with Crippen LogP contribution in [0.5, 0.6) is 0 Å². The van der Waals surface area contributed by atoms with Crippen molar-refractivity contribution >= 4 is 17.5 Å². The van der Waals surface area contributed by atoms with Gasteiger partial charge in [-0.2, -0.15) is 0 Å². The van der Waals surface area contributed by atoms with Crippen LogP contribution >= 0.6 is 0 Å². The van der Waals surface area contributed by atoms with Crippen LogP contribution in [0.2, 0.25) is 0 Å². The first-order valence-electron chi connectivity index (χ1n) is 5.23. The van der Waals surface area contributed by atoms with Gasteiger partial charge >= 0.3 is 0 Å². The number of primary amides is 1. The smallest absolute Gasteiger partial charge is 0.240 e. The van der Waals surface area contributed by atoms with Crippen molar-refractivity contribution in [3.63, 3.8) is 0 Å². The van der Waals surface area contributed by atoms with Crippen LogP contribution in [0, 0.1) is 12.3 Å². The van der Waals surface area contributed by atoms with Gasteiger partial charge in [0.05, 0.1) is 0 Å². The number of aryl methyl sites for hydroxylation is 1. The van der Waals surface area contributed by atoms with Gasteiger partial charge in [-0.25, -0.2) is 0 Å². The molecule has 0 aliphatic heterocycles. The monoisotopic (exact) mass is 218 g/mol. The normalized spacial score (nSPS) is 16.6. The van der Waals surface area contributed by atoms with Gasteiger partial charge in [-0.15, -0.1) is 0 Å². The van der Waals surface area contributed by atoms with Crippen LogP contribution in [0.15, 0.2) is 24.3 Å². The zero-order valence-corrected chi connectivity index (χ0v) is 9.12. The van der Waals surface area contributed by atoms with Crippen LogP contribution in [0.4, 0.5) is 5.69 Å². The maximum atomic E-state index is 11.8. The van der Waals surface area contributed by atoms with Crippen molar-refractivity contribution < 1.29 is 9.59 Å². The molecule has 1 aromatic rings. The largest absolute Gasteiger partial charge is 0.369 e. The van der Waals surface area contributed by atoms with Crippen molar-refractivity contribution in [2.45, 2.75) is 19.8 Å². The van der Waals surface area contributed by atoms with E-state index in [2.05, 4.69) is 5.32 Å². The Bertz CT molecular complexity index is 433. The second kappa shape index (κ2) is 3.63. The molecule has 0 spiro atoms. The molecule has 0 atom stereocenters. The van der Waals surface area contributed by atoms with Crippen LogP contribution in [-0.4, -0.2) is 11.8 Å². The molecule has 4 nitrogen and oxygen atoms in total. The maximum Gasteiger partial charge on any atom is 0.240 e. The topological polar surface area (TPSA) is 72.2 Å². The SMILES string of the molecule is Cc1ccc(NC(=O)C2(C(N)=O)CC2)cc1. The van der Waals surface area contributed by atoms with Gasteiger partial charge in [0.1, 0.15) is 5.41 Å².